The van der Waals surface area contributed by atoms with Crippen LogP contribution in [0.3, 0.4) is 0 Å². The van der Waals surface area contributed by atoms with Gasteiger partial charge in [-0.15, -0.1) is 5.10 Å². The molecule has 2 aromatic rings. The highest BCUT2D eigenvalue weighted by Crippen LogP contribution is 2.20. The molecule has 3 rings (SSSR count). The van der Waals surface area contributed by atoms with Gasteiger partial charge in [0.1, 0.15) is 5.54 Å². The fraction of sp³-hybridized carbons (Fsp3) is 0.312. The maximum atomic E-state index is 13.3. The van der Waals surface area contributed by atoms with Gasteiger partial charge in [0.25, 0.3) is 11.8 Å². The summed E-state index contributed by atoms with van der Waals surface area (Å²) in [6, 6.07) is 0.678. The predicted molar refractivity (Wildman–Crippen MR) is 87.8 cm³/mol. The van der Waals surface area contributed by atoms with Crippen LogP contribution in [0.4, 0.5) is 18.0 Å². The molecule has 3 N–H and O–H groups in total. The van der Waals surface area contributed by atoms with Crippen molar-refractivity contribution in [3.63, 3.8) is 0 Å². The number of hydrogen-bond acceptors (Lipinski definition) is 5. The van der Waals surface area contributed by atoms with Gasteiger partial charge < -0.3 is 10.6 Å². The monoisotopic (exact) mass is 396 g/mol. The molecular formula is C16H15F3N6O3. The summed E-state index contributed by atoms with van der Waals surface area (Å²) in [5.41, 5.74) is -1.77. The lowest BCUT2D eigenvalue weighted by molar-refractivity contribution is -0.125. The molecule has 1 atom stereocenters. The number of amides is 4. The van der Waals surface area contributed by atoms with Crippen molar-refractivity contribution in [1.82, 2.24) is 30.9 Å². The number of imide groups is 1. The van der Waals surface area contributed by atoms with Crippen LogP contribution in [0, 0.1) is 23.4 Å². The number of carbonyl (C=O) groups excluding carboxylic acids is 3. The molecular weight excluding hydrogens is 381 g/mol. The van der Waals surface area contributed by atoms with Crippen molar-refractivity contribution < 1.29 is 27.6 Å². The number of nitrogens with zero attached hydrogens (tertiary/aromatic N) is 3. The number of rotatable bonds is 5. The smallest absolute Gasteiger partial charge is 0.322 e. The summed E-state index contributed by atoms with van der Waals surface area (Å²) in [6.45, 7) is 3.18. The Hall–Kier alpha value is -3.44. The zero-order valence-corrected chi connectivity index (χ0v) is 14.7. The lowest BCUT2D eigenvalue weighted by atomic mass is 9.86. The Labute approximate surface area is 156 Å². The molecule has 1 aliphatic heterocycles. The third-order valence-corrected chi connectivity index (χ3v) is 4.41. The Morgan fingerprint density at radius 1 is 1.25 bits per heavy atom. The quantitative estimate of drug-likeness (QED) is 0.507. The molecule has 0 saturated carbocycles. The van der Waals surface area contributed by atoms with E-state index in [9.17, 15) is 27.6 Å². The first-order chi connectivity index (χ1) is 13.1. The molecule has 1 aromatic heterocycles. The minimum absolute atomic E-state index is 0.214. The molecule has 1 aliphatic rings. The lowest BCUT2D eigenvalue weighted by Crippen LogP contribution is -2.58. The molecule has 148 valence electrons. The van der Waals surface area contributed by atoms with Crippen LogP contribution in [0.1, 0.15) is 24.3 Å². The molecule has 2 heterocycles. The molecule has 0 aliphatic carbocycles. The number of urea groups is 1. The first-order valence-electron chi connectivity index (χ1n) is 8.13. The molecule has 1 fully saturated rings. The van der Waals surface area contributed by atoms with Gasteiger partial charge >= 0.3 is 6.03 Å². The Kier molecular flexibility index (Phi) is 4.79. The first kappa shape index (κ1) is 19.3. The zero-order valence-electron chi connectivity index (χ0n) is 14.7. The van der Waals surface area contributed by atoms with Crippen LogP contribution in [0.5, 0.6) is 0 Å². The molecule has 0 radical (unpaired) electrons. The molecule has 28 heavy (non-hydrogen) atoms. The zero-order chi connectivity index (χ0) is 20.6. The van der Waals surface area contributed by atoms with Gasteiger partial charge in [-0.1, -0.05) is 13.8 Å². The van der Waals surface area contributed by atoms with Gasteiger partial charge in [0.2, 0.25) is 0 Å². The standard InChI is InChI=1S/C16H15F3N6O3/c1-7(2)16(14(27)22-15(28)23-16)6-20-13(26)11-5-21-25(24-11)8-3-9(17)12(19)10(18)4-8/h3-5,7H,6H2,1-2H3,(H,20,26)(H2,22,23,27,28). The Morgan fingerprint density at radius 3 is 2.43 bits per heavy atom. The van der Waals surface area contributed by atoms with Crippen molar-refractivity contribution in [2.24, 2.45) is 5.92 Å². The topological polar surface area (TPSA) is 118 Å². The summed E-state index contributed by atoms with van der Waals surface area (Å²) in [5, 5.41) is 14.6. The van der Waals surface area contributed by atoms with Gasteiger partial charge in [0.05, 0.1) is 18.4 Å². The molecule has 4 amide bonds. The number of carbonyl (C=O) groups is 3. The summed E-state index contributed by atoms with van der Waals surface area (Å²) in [5.74, 6) is -6.14. The molecule has 1 aromatic carbocycles. The number of halogens is 3. The molecule has 9 nitrogen and oxygen atoms in total. The maximum Gasteiger partial charge on any atom is 0.322 e. The molecule has 0 spiro atoms. The molecule has 1 unspecified atom stereocenters. The van der Waals surface area contributed by atoms with E-state index in [2.05, 4.69) is 26.1 Å². The molecule has 1 saturated heterocycles. The highest BCUT2D eigenvalue weighted by molar-refractivity contribution is 6.07. The van der Waals surface area contributed by atoms with Crippen molar-refractivity contribution in [2.75, 3.05) is 6.54 Å². The normalized spacial score (nSPS) is 18.9. The van der Waals surface area contributed by atoms with E-state index in [1.54, 1.807) is 13.8 Å². The summed E-state index contributed by atoms with van der Waals surface area (Å²) >= 11 is 0. The van der Waals surface area contributed by atoms with E-state index in [0.29, 0.717) is 12.1 Å². The van der Waals surface area contributed by atoms with E-state index in [4.69, 9.17) is 0 Å². The molecule has 12 heteroatoms. The van der Waals surface area contributed by atoms with E-state index in [0.717, 1.165) is 11.0 Å². The number of aromatic nitrogens is 3. The maximum absolute atomic E-state index is 13.3. The van der Waals surface area contributed by atoms with Crippen molar-refractivity contribution in [3.05, 3.63) is 41.5 Å². The van der Waals surface area contributed by atoms with Crippen molar-refractivity contribution in [1.29, 1.82) is 0 Å². The van der Waals surface area contributed by atoms with Crippen LogP contribution in [0.25, 0.3) is 5.69 Å². The summed E-state index contributed by atoms with van der Waals surface area (Å²) < 4.78 is 39.7. The second kappa shape index (κ2) is 6.94. The van der Waals surface area contributed by atoms with Crippen LogP contribution >= 0.6 is 0 Å². The third kappa shape index (κ3) is 3.28. The first-order valence-corrected chi connectivity index (χ1v) is 8.13. The summed E-state index contributed by atoms with van der Waals surface area (Å²) in [6.07, 6.45) is 1.03. The van der Waals surface area contributed by atoms with Gasteiger partial charge in [-0.25, -0.2) is 18.0 Å². The van der Waals surface area contributed by atoms with Crippen LogP contribution in [-0.2, 0) is 4.79 Å². The van der Waals surface area contributed by atoms with Crippen molar-refractivity contribution in [2.45, 2.75) is 19.4 Å². The molecule has 0 bridgehead atoms. The lowest BCUT2D eigenvalue weighted by Gasteiger charge is -2.30. The second-order valence-electron chi connectivity index (χ2n) is 6.46. The third-order valence-electron chi connectivity index (χ3n) is 4.41. The minimum Gasteiger partial charge on any atom is -0.348 e. The van der Waals surface area contributed by atoms with Crippen LogP contribution < -0.4 is 16.0 Å². The van der Waals surface area contributed by atoms with E-state index < -0.39 is 40.8 Å². The summed E-state index contributed by atoms with van der Waals surface area (Å²) in [4.78, 5) is 36.6. The van der Waals surface area contributed by atoms with Gasteiger partial charge in [0, 0.05) is 12.1 Å². The van der Waals surface area contributed by atoms with Crippen LogP contribution in [-0.4, -0.2) is 44.9 Å². The van der Waals surface area contributed by atoms with Crippen LogP contribution in [0.15, 0.2) is 18.3 Å². The number of nitrogens with one attached hydrogen (secondary N) is 3. The highest BCUT2D eigenvalue weighted by atomic mass is 19.2. The van der Waals surface area contributed by atoms with E-state index in [1.165, 1.54) is 0 Å². The predicted octanol–water partition coefficient (Wildman–Crippen LogP) is 0.649. The largest absolute Gasteiger partial charge is 0.348 e. The van der Waals surface area contributed by atoms with Gasteiger partial charge in [-0.05, 0) is 5.92 Å². The number of hydrogen-bond donors (Lipinski definition) is 3. The Morgan fingerprint density at radius 2 is 1.89 bits per heavy atom. The van der Waals surface area contributed by atoms with E-state index in [-0.39, 0.29) is 23.8 Å². The van der Waals surface area contributed by atoms with Gasteiger partial charge in [0.15, 0.2) is 23.1 Å². The number of benzene rings is 1. The van der Waals surface area contributed by atoms with Crippen LogP contribution in [0.2, 0.25) is 0 Å². The fourth-order valence-corrected chi connectivity index (χ4v) is 2.70. The minimum atomic E-state index is -1.63. The van der Waals surface area contributed by atoms with Gasteiger partial charge in [-0.2, -0.15) is 9.90 Å². The van der Waals surface area contributed by atoms with E-state index >= 15 is 0 Å². The van der Waals surface area contributed by atoms with Crippen molar-refractivity contribution in [3.8, 4) is 5.69 Å². The second-order valence-corrected chi connectivity index (χ2v) is 6.46. The fourth-order valence-electron chi connectivity index (χ4n) is 2.70. The average Bonchev–Trinajstić information content (AvgIpc) is 3.22. The van der Waals surface area contributed by atoms with E-state index in [1.807, 2.05) is 0 Å². The Balaban J connectivity index is 1.76. The van der Waals surface area contributed by atoms with Gasteiger partial charge in [-0.3, -0.25) is 14.9 Å². The SMILES string of the molecule is CC(C)C1(CNC(=O)c2cnn(-c3cc(F)c(F)c(F)c3)n2)NC(=O)NC1=O. The summed E-state index contributed by atoms with van der Waals surface area (Å²) in [7, 11) is 0. The highest BCUT2D eigenvalue weighted by Gasteiger charge is 2.48. The van der Waals surface area contributed by atoms with Crippen molar-refractivity contribution >= 4 is 17.8 Å². The average molecular weight is 396 g/mol. The Bertz CT molecular complexity index is 953.